The molecule has 2 rings (SSSR count). The van der Waals surface area contributed by atoms with E-state index < -0.39 is 6.10 Å². The minimum atomic E-state index is -0.550. The Bertz CT molecular complexity index is 531. The molecule has 0 spiro atoms. The number of hydrogen-bond donors (Lipinski definition) is 1. The SMILES string of the molecule is COc1ccc(OCC(O)CSc2nnc(C)s2)cc1. The first-order valence-corrected chi connectivity index (χ1v) is 7.85. The second-order valence-electron chi connectivity index (χ2n) is 4.04. The molecule has 1 heterocycles. The first kappa shape index (κ1) is 15.1. The van der Waals surface area contributed by atoms with Gasteiger partial charge in [0.05, 0.1) is 13.2 Å². The fourth-order valence-corrected chi connectivity index (χ4v) is 3.16. The lowest BCUT2D eigenvalue weighted by Gasteiger charge is -2.11. The van der Waals surface area contributed by atoms with Crippen molar-refractivity contribution in [2.75, 3.05) is 19.5 Å². The number of hydrogen-bond acceptors (Lipinski definition) is 7. The summed E-state index contributed by atoms with van der Waals surface area (Å²) in [7, 11) is 1.62. The molecule has 0 amide bonds. The molecular formula is C13H16N2O3S2. The number of ether oxygens (including phenoxy) is 2. The smallest absolute Gasteiger partial charge is 0.174 e. The van der Waals surface area contributed by atoms with Gasteiger partial charge in [0.25, 0.3) is 0 Å². The van der Waals surface area contributed by atoms with Gasteiger partial charge < -0.3 is 14.6 Å². The molecule has 2 aromatic rings. The van der Waals surface area contributed by atoms with Crippen LogP contribution in [0.15, 0.2) is 28.6 Å². The predicted octanol–water partition coefficient (Wildman–Crippen LogP) is 2.39. The lowest BCUT2D eigenvalue weighted by Crippen LogP contribution is -2.19. The Kier molecular flexibility index (Phi) is 5.63. The van der Waals surface area contributed by atoms with Crippen LogP contribution in [0.1, 0.15) is 5.01 Å². The molecule has 1 aromatic heterocycles. The highest BCUT2D eigenvalue weighted by Gasteiger charge is 2.09. The average Bonchev–Trinajstić information content (AvgIpc) is 2.89. The number of thioether (sulfide) groups is 1. The van der Waals surface area contributed by atoms with Gasteiger partial charge in [-0.05, 0) is 31.2 Å². The maximum absolute atomic E-state index is 9.87. The minimum absolute atomic E-state index is 0.247. The van der Waals surface area contributed by atoms with E-state index in [2.05, 4.69) is 10.2 Å². The zero-order chi connectivity index (χ0) is 14.4. The van der Waals surface area contributed by atoms with E-state index in [1.807, 2.05) is 31.2 Å². The molecule has 5 nitrogen and oxygen atoms in total. The van der Waals surface area contributed by atoms with Crippen molar-refractivity contribution < 1.29 is 14.6 Å². The van der Waals surface area contributed by atoms with Crippen molar-refractivity contribution in [1.82, 2.24) is 10.2 Å². The first-order chi connectivity index (χ1) is 9.67. The summed E-state index contributed by atoms with van der Waals surface area (Å²) in [6.45, 7) is 2.15. The van der Waals surface area contributed by atoms with Crippen molar-refractivity contribution in [3.63, 3.8) is 0 Å². The summed E-state index contributed by atoms with van der Waals surface area (Å²) in [5, 5.41) is 18.7. The summed E-state index contributed by atoms with van der Waals surface area (Å²) >= 11 is 3.01. The van der Waals surface area contributed by atoms with Crippen LogP contribution < -0.4 is 9.47 Å². The maximum Gasteiger partial charge on any atom is 0.174 e. The van der Waals surface area contributed by atoms with Crippen LogP contribution in [-0.2, 0) is 0 Å². The monoisotopic (exact) mass is 312 g/mol. The van der Waals surface area contributed by atoms with E-state index in [0.717, 1.165) is 15.1 Å². The van der Waals surface area contributed by atoms with Gasteiger partial charge in [-0.3, -0.25) is 0 Å². The molecule has 20 heavy (non-hydrogen) atoms. The Morgan fingerprint density at radius 2 is 1.95 bits per heavy atom. The van der Waals surface area contributed by atoms with Crippen LogP contribution >= 0.6 is 23.1 Å². The highest BCUT2D eigenvalue weighted by Crippen LogP contribution is 2.23. The van der Waals surface area contributed by atoms with Crippen LogP contribution in [-0.4, -0.2) is 40.9 Å². The average molecular weight is 312 g/mol. The quantitative estimate of drug-likeness (QED) is 0.792. The zero-order valence-corrected chi connectivity index (χ0v) is 12.9. The van der Waals surface area contributed by atoms with E-state index in [4.69, 9.17) is 9.47 Å². The highest BCUT2D eigenvalue weighted by atomic mass is 32.2. The third-order valence-corrected chi connectivity index (χ3v) is 4.53. The van der Waals surface area contributed by atoms with E-state index in [1.165, 1.54) is 23.1 Å². The normalized spacial score (nSPS) is 12.2. The molecule has 0 saturated carbocycles. The van der Waals surface area contributed by atoms with Gasteiger partial charge in [-0.25, -0.2) is 0 Å². The van der Waals surface area contributed by atoms with Crippen LogP contribution in [0.3, 0.4) is 0 Å². The fourth-order valence-electron chi connectivity index (χ4n) is 1.42. The molecule has 0 aliphatic heterocycles. The number of aliphatic hydroxyl groups excluding tert-OH is 1. The van der Waals surface area contributed by atoms with Crippen LogP contribution in [0.4, 0.5) is 0 Å². The van der Waals surface area contributed by atoms with Gasteiger partial charge in [0.15, 0.2) is 4.34 Å². The molecule has 0 fully saturated rings. The third-order valence-electron chi connectivity index (χ3n) is 2.41. The molecule has 1 unspecified atom stereocenters. The van der Waals surface area contributed by atoms with Crippen LogP contribution in [0.25, 0.3) is 0 Å². The Morgan fingerprint density at radius 1 is 1.25 bits per heavy atom. The molecule has 1 atom stereocenters. The zero-order valence-electron chi connectivity index (χ0n) is 11.3. The summed E-state index contributed by atoms with van der Waals surface area (Å²) < 4.78 is 11.4. The second-order valence-corrected chi connectivity index (χ2v) is 6.49. The van der Waals surface area contributed by atoms with Gasteiger partial charge in [0.2, 0.25) is 0 Å². The maximum atomic E-state index is 9.87. The van der Waals surface area contributed by atoms with Crippen molar-refractivity contribution in [3.8, 4) is 11.5 Å². The predicted molar refractivity (Wildman–Crippen MR) is 79.9 cm³/mol. The highest BCUT2D eigenvalue weighted by molar-refractivity contribution is 8.01. The Hall–Kier alpha value is -1.31. The van der Waals surface area contributed by atoms with Gasteiger partial charge in [-0.15, -0.1) is 10.2 Å². The van der Waals surface area contributed by atoms with E-state index in [0.29, 0.717) is 11.5 Å². The molecule has 0 aliphatic rings. The van der Waals surface area contributed by atoms with E-state index in [-0.39, 0.29) is 6.61 Å². The van der Waals surface area contributed by atoms with Crippen molar-refractivity contribution in [2.45, 2.75) is 17.4 Å². The summed E-state index contributed by atoms with van der Waals surface area (Å²) in [5.41, 5.74) is 0. The van der Waals surface area contributed by atoms with E-state index in [1.54, 1.807) is 7.11 Å². The molecule has 1 aromatic carbocycles. The van der Waals surface area contributed by atoms with Crippen molar-refractivity contribution >= 4 is 23.1 Å². The number of nitrogens with zero attached hydrogens (tertiary/aromatic N) is 2. The summed E-state index contributed by atoms with van der Waals surface area (Å²) in [6.07, 6.45) is -0.550. The number of rotatable bonds is 7. The van der Waals surface area contributed by atoms with Gasteiger partial charge in [-0.2, -0.15) is 0 Å². The molecule has 0 saturated heterocycles. The number of aliphatic hydroxyl groups is 1. The molecule has 1 N–H and O–H groups in total. The number of methoxy groups -OCH3 is 1. The third kappa shape index (κ3) is 4.66. The van der Waals surface area contributed by atoms with Gasteiger partial charge in [-0.1, -0.05) is 23.1 Å². The number of aromatic nitrogens is 2. The van der Waals surface area contributed by atoms with Crippen LogP contribution in [0.5, 0.6) is 11.5 Å². The van der Waals surface area contributed by atoms with Crippen molar-refractivity contribution in [2.24, 2.45) is 0 Å². The largest absolute Gasteiger partial charge is 0.497 e. The first-order valence-electron chi connectivity index (χ1n) is 6.05. The van der Waals surface area contributed by atoms with Gasteiger partial charge in [0.1, 0.15) is 23.1 Å². The summed E-state index contributed by atoms with van der Waals surface area (Å²) in [6, 6.07) is 7.26. The Balaban J connectivity index is 1.72. The second kappa shape index (κ2) is 7.47. The molecule has 0 aliphatic carbocycles. The standard InChI is InChI=1S/C13H16N2O3S2/c1-9-14-15-13(20-9)19-8-10(16)7-18-12-5-3-11(17-2)4-6-12/h3-6,10,16H,7-8H2,1-2H3. The lowest BCUT2D eigenvalue weighted by molar-refractivity contribution is 0.126. The fraction of sp³-hybridized carbons (Fsp3) is 0.385. The molecule has 7 heteroatoms. The summed E-state index contributed by atoms with van der Waals surface area (Å²) in [4.78, 5) is 0. The Labute approximate surface area is 126 Å². The van der Waals surface area contributed by atoms with E-state index in [9.17, 15) is 5.11 Å². The van der Waals surface area contributed by atoms with Gasteiger partial charge in [0, 0.05) is 5.75 Å². The molecular weight excluding hydrogens is 296 g/mol. The molecule has 0 radical (unpaired) electrons. The van der Waals surface area contributed by atoms with E-state index >= 15 is 0 Å². The minimum Gasteiger partial charge on any atom is -0.497 e. The van der Waals surface area contributed by atoms with Crippen molar-refractivity contribution in [1.29, 1.82) is 0 Å². The molecule has 108 valence electrons. The van der Waals surface area contributed by atoms with Gasteiger partial charge >= 0.3 is 0 Å². The van der Waals surface area contributed by atoms with Crippen LogP contribution in [0, 0.1) is 6.92 Å². The van der Waals surface area contributed by atoms with Crippen molar-refractivity contribution in [3.05, 3.63) is 29.3 Å². The lowest BCUT2D eigenvalue weighted by atomic mass is 10.3. The Morgan fingerprint density at radius 3 is 2.55 bits per heavy atom. The molecule has 0 bridgehead atoms. The topological polar surface area (TPSA) is 64.5 Å². The van der Waals surface area contributed by atoms with Crippen LogP contribution in [0.2, 0.25) is 0 Å². The number of benzene rings is 1. The summed E-state index contributed by atoms with van der Waals surface area (Å²) in [5.74, 6) is 2.02. The number of aryl methyl sites for hydroxylation is 1.